The van der Waals surface area contributed by atoms with E-state index in [2.05, 4.69) is 23.7 Å². The first-order valence-corrected chi connectivity index (χ1v) is 6.11. The first-order valence-electron chi connectivity index (χ1n) is 5.35. The molecule has 0 spiro atoms. The van der Waals surface area contributed by atoms with Gasteiger partial charge in [-0.1, -0.05) is 37.0 Å². The lowest BCUT2D eigenvalue weighted by molar-refractivity contribution is 0.587. The van der Waals surface area contributed by atoms with Crippen molar-refractivity contribution in [2.75, 3.05) is 17.7 Å². The summed E-state index contributed by atoms with van der Waals surface area (Å²) in [5.74, 6) is 1.01. The summed E-state index contributed by atoms with van der Waals surface area (Å²) in [5, 5.41) is 0.931. The van der Waals surface area contributed by atoms with Gasteiger partial charge in [0.1, 0.15) is 11.6 Å². The first-order chi connectivity index (χ1) is 7.51. The third-order valence-electron chi connectivity index (χ3n) is 2.76. The van der Waals surface area contributed by atoms with Crippen LogP contribution in [0.1, 0.15) is 26.7 Å². The van der Waals surface area contributed by atoms with E-state index in [-0.39, 0.29) is 0 Å². The third kappa shape index (κ3) is 2.71. The minimum Gasteiger partial charge on any atom is -0.382 e. The Morgan fingerprint density at radius 3 is 2.38 bits per heavy atom. The first kappa shape index (κ1) is 13.4. The van der Waals surface area contributed by atoms with Crippen LogP contribution in [0.5, 0.6) is 0 Å². The molecule has 90 valence electrons. The van der Waals surface area contributed by atoms with Gasteiger partial charge in [-0.05, 0) is 18.9 Å². The Morgan fingerprint density at radius 2 is 1.88 bits per heavy atom. The number of nitrogen functional groups attached to an aromatic ring is 1. The van der Waals surface area contributed by atoms with Crippen LogP contribution >= 0.6 is 23.2 Å². The quantitative estimate of drug-likeness (QED) is 0.901. The summed E-state index contributed by atoms with van der Waals surface area (Å²) in [6.07, 6.45) is 2.07. The van der Waals surface area contributed by atoms with Crippen LogP contribution in [0, 0.1) is 0 Å². The van der Waals surface area contributed by atoms with Gasteiger partial charge < -0.3 is 10.6 Å². The van der Waals surface area contributed by atoms with Gasteiger partial charge in [0.05, 0.1) is 10.0 Å². The van der Waals surface area contributed by atoms with E-state index in [1.807, 2.05) is 7.05 Å². The lowest BCUT2D eigenvalue weighted by atomic mass is 10.1. The lowest BCUT2D eigenvalue weighted by Crippen LogP contribution is -2.31. The Balaban J connectivity index is 3.07. The Labute approximate surface area is 107 Å². The smallest absolute Gasteiger partial charge is 0.149 e. The molecular weight excluding hydrogens is 245 g/mol. The molecule has 0 bridgehead atoms. The van der Waals surface area contributed by atoms with Crippen molar-refractivity contribution in [3.8, 4) is 0 Å². The van der Waals surface area contributed by atoms with Crippen LogP contribution in [0.15, 0.2) is 6.07 Å². The Morgan fingerprint density at radius 1 is 1.31 bits per heavy atom. The highest BCUT2D eigenvalue weighted by Gasteiger charge is 2.16. The van der Waals surface area contributed by atoms with Gasteiger partial charge in [0.25, 0.3) is 0 Å². The van der Waals surface area contributed by atoms with Gasteiger partial charge in [0.15, 0.2) is 0 Å². The van der Waals surface area contributed by atoms with Gasteiger partial charge in [-0.2, -0.15) is 0 Å². The molecule has 0 unspecified atom stereocenters. The van der Waals surface area contributed by atoms with E-state index in [9.17, 15) is 0 Å². The van der Waals surface area contributed by atoms with Crippen LogP contribution in [0.25, 0.3) is 0 Å². The van der Waals surface area contributed by atoms with Gasteiger partial charge in [-0.3, -0.25) is 0 Å². The fraction of sp³-hybridized carbons (Fsp3) is 0.545. The Kier molecular flexibility index (Phi) is 4.69. The monoisotopic (exact) mass is 261 g/mol. The summed E-state index contributed by atoms with van der Waals surface area (Å²) in [6, 6.07) is 2.05. The van der Waals surface area contributed by atoms with Crippen molar-refractivity contribution in [1.82, 2.24) is 4.98 Å². The molecule has 0 aliphatic heterocycles. The van der Waals surface area contributed by atoms with E-state index in [0.717, 1.165) is 12.8 Å². The molecule has 5 heteroatoms. The topological polar surface area (TPSA) is 42.2 Å². The molecule has 3 nitrogen and oxygen atoms in total. The predicted octanol–water partition coefficient (Wildman–Crippen LogP) is 3.60. The zero-order chi connectivity index (χ0) is 12.3. The molecule has 0 amide bonds. The van der Waals surface area contributed by atoms with E-state index >= 15 is 0 Å². The van der Waals surface area contributed by atoms with Crippen LogP contribution in [-0.2, 0) is 0 Å². The van der Waals surface area contributed by atoms with Crippen molar-refractivity contribution in [2.24, 2.45) is 0 Å². The molecule has 1 aromatic rings. The van der Waals surface area contributed by atoms with E-state index in [0.29, 0.717) is 27.7 Å². The maximum absolute atomic E-state index is 6.11. The van der Waals surface area contributed by atoms with Crippen molar-refractivity contribution < 1.29 is 0 Å². The van der Waals surface area contributed by atoms with Crippen molar-refractivity contribution in [3.05, 3.63) is 16.1 Å². The minimum absolute atomic E-state index is 0.318. The summed E-state index contributed by atoms with van der Waals surface area (Å²) in [5.41, 5.74) is 5.68. The zero-order valence-electron chi connectivity index (χ0n) is 9.80. The highest BCUT2D eigenvalue weighted by molar-refractivity contribution is 6.37. The van der Waals surface area contributed by atoms with Crippen LogP contribution in [-0.4, -0.2) is 18.1 Å². The number of hydrogen-bond acceptors (Lipinski definition) is 3. The maximum atomic E-state index is 6.11. The molecule has 0 fully saturated rings. The third-order valence-corrected chi connectivity index (χ3v) is 3.34. The SMILES string of the molecule is CCC(CC)N(C)c1nc(N)c(Cl)cc1Cl. The van der Waals surface area contributed by atoms with Gasteiger partial charge >= 0.3 is 0 Å². The fourth-order valence-electron chi connectivity index (χ4n) is 1.73. The molecule has 0 aliphatic carbocycles. The fourth-order valence-corrected chi connectivity index (χ4v) is 2.22. The summed E-state index contributed by atoms with van der Waals surface area (Å²) in [4.78, 5) is 6.28. The van der Waals surface area contributed by atoms with E-state index < -0.39 is 0 Å². The second-order valence-corrected chi connectivity index (χ2v) is 4.56. The minimum atomic E-state index is 0.318. The second-order valence-electron chi connectivity index (χ2n) is 3.74. The predicted molar refractivity (Wildman–Crippen MR) is 71.4 cm³/mol. The number of anilines is 2. The molecule has 0 saturated carbocycles. The van der Waals surface area contributed by atoms with Crippen LogP contribution in [0.2, 0.25) is 10.0 Å². The molecule has 0 atom stereocenters. The number of aromatic nitrogens is 1. The van der Waals surface area contributed by atoms with Crippen LogP contribution in [0.3, 0.4) is 0 Å². The second kappa shape index (κ2) is 5.60. The molecule has 0 radical (unpaired) electrons. The summed E-state index contributed by atoms with van der Waals surface area (Å²) in [7, 11) is 1.97. The standard InChI is InChI=1S/C11H17Cl2N3/c1-4-7(5-2)16(3)11-9(13)6-8(12)10(14)15-11/h6-7H,4-5H2,1-3H3,(H2,14,15). The number of nitrogens with two attached hydrogens (primary N) is 1. The molecule has 0 saturated heterocycles. The van der Waals surface area contributed by atoms with Crippen LogP contribution < -0.4 is 10.6 Å². The van der Waals surface area contributed by atoms with Crippen molar-refractivity contribution in [3.63, 3.8) is 0 Å². The molecule has 1 heterocycles. The molecule has 1 aromatic heterocycles. The Bertz CT molecular complexity index is 364. The lowest BCUT2D eigenvalue weighted by Gasteiger charge is -2.28. The normalized spacial score (nSPS) is 10.9. The highest BCUT2D eigenvalue weighted by Crippen LogP contribution is 2.31. The van der Waals surface area contributed by atoms with Crippen LogP contribution in [0.4, 0.5) is 11.6 Å². The Hall–Kier alpha value is -0.670. The average molecular weight is 262 g/mol. The van der Waals surface area contributed by atoms with Gasteiger partial charge in [-0.15, -0.1) is 0 Å². The highest BCUT2D eigenvalue weighted by atomic mass is 35.5. The summed E-state index contributed by atoms with van der Waals surface area (Å²) in [6.45, 7) is 4.27. The van der Waals surface area contributed by atoms with Crippen molar-refractivity contribution >= 4 is 34.8 Å². The van der Waals surface area contributed by atoms with E-state index in [1.54, 1.807) is 6.07 Å². The number of nitrogens with zero attached hydrogens (tertiary/aromatic N) is 2. The van der Waals surface area contributed by atoms with E-state index in [4.69, 9.17) is 28.9 Å². The summed E-state index contributed by atoms with van der Waals surface area (Å²) < 4.78 is 0. The zero-order valence-corrected chi connectivity index (χ0v) is 11.3. The van der Waals surface area contributed by atoms with Gasteiger partial charge in [-0.25, -0.2) is 4.98 Å². The molecule has 0 aliphatic rings. The maximum Gasteiger partial charge on any atom is 0.149 e. The number of pyridine rings is 1. The molecule has 2 N–H and O–H groups in total. The number of hydrogen-bond donors (Lipinski definition) is 1. The van der Waals surface area contributed by atoms with Crippen molar-refractivity contribution in [2.45, 2.75) is 32.7 Å². The molecule has 0 aromatic carbocycles. The molecule has 16 heavy (non-hydrogen) atoms. The number of halogens is 2. The molecular formula is C11H17Cl2N3. The largest absolute Gasteiger partial charge is 0.382 e. The summed E-state index contributed by atoms with van der Waals surface area (Å²) >= 11 is 12.0. The van der Waals surface area contributed by atoms with Gasteiger partial charge in [0, 0.05) is 13.1 Å². The van der Waals surface area contributed by atoms with E-state index in [1.165, 1.54) is 0 Å². The van der Waals surface area contributed by atoms with Gasteiger partial charge in [0.2, 0.25) is 0 Å². The average Bonchev–Trinajstić information content (AvgIpc) is 2.25. The number of rotatable bonds is 4. The van der Waals surface area contributed by atoms with Crippen molar-refractivity contribution in [1.29, 1.82) is 0 Å². The molecule has 1 rings (SSSR count).